The predicted molar refractivity (Wildman–Crippen MR) is 126 cm³/mol. The van der Waals surface area contributed by atoms with E-state index in [-0.39, 0.29) is 41.8 Å². The van der Waals surface area contributed by atoms with Crippen molar-refractivity contribution in [3.8, 4) is 0 Å². The van der Waals surface area contributed by atoms with Crippen LogP contribution in [0.1, 0.15) is 71.6 Å². The molecule has 1 aliphatic carbocycles. The maximum absolute atomic E-state index is 13.0. The lowest BCUT2D eigenvalue weighted by Gasteiger charge is -2.26. The predicted octanol–water partition coefficient (Wildman–Crippen LogP) is 0.877. The summed E-state index contributed by atoms with van der Waals surface area (Å²) in [6.07, 6.45) is 7.18. The van der Waals surface area contributed by atoms with Crippen molar-refractivity contribution in [2.45, 2.75) is 83.7 Å². The van der Waals surface area contributed by atoms with Gasteiger partial charge in [0.05, 0.1) is 18.0 Å². The Morgan fingerprint density at radius 1 is 1.03 bits per heavy atom. The highest BCUT2D eigenvalue weighted by Crippen LogP contribution is 2.25. The van der Waals surface area contributed by atoms with Gasteiger partial charge in [0, 0.05) is 24.1 Å². The zero-order chi connectivity index (χ0) is 25.8. The fourth-order valence-corrected chi connectivity index (χ4v) is 5.22. The zero-order valence-electron chi connectivity index (χ0n) is 20.7. The van der Waals surface area contributed by atoms with Crippen LogP contribution in [0.5, 0.6) is 0 Å². The van der Waals surface area contributed by atoms with Crippen LogP contribution in [0.2, 0.25) is 0 Å². The summed E-state index contributed by atoms with van der Waals surface area (Å²) < 4.78 is 5.29. The molecule has 2 fully saturated rings. The van der Waals surface area contributed by atoms with Gasteiger partial charge >= 0.3 is 5.97 Å². The van der Waals surface area contributed by atoms with Crippen molar-refractivity contribution in [1.82, 2.24) is 10.2 Å². The van der Waals surface area contributed by atoms with E-state index in [1.54, 1.807) is 13.8 Å². The minimum absolute atomic E-state index is 0.0165. The van der Waals surface area contributed by atoms with E-state index in [4.69, 9.17) is 15.2 Å². The Kier molecular flexibility index (Phi) is 13.0. The van der Waals surface area contributed by atoms with Crippen LogP contribution in [0.3, 0.4) is 0 Å². The van der Waals surface area contributed by atoms with Gasteiger partial charge in [0.2, 0.25) is 16.9 Å². The number of carbonyl (C=O) groups is 4. The number of thioether (sulfide) groups is 1. The summed E-state index contributed by atoms with van der Waals surface area (Å²) in [5.74, 6) is -0.912. The molecule has 1 heterocycles. The summed E-state index contributed by atoms with van der Waals surface area (Å²) in [5.41, 5.74) is 0. The summed E-state index contributed by atoms with van der Waals surface area (Å²) in [6, 6.07) is -1.25. The largest absolute Gasteiger partial charge is 0.464 e. The quantitative estimate of drug-likeness (QED) is 0.158. The van der Waals surface area contributed by atoms with Gasteiger partial charge in [-0.3, -0.25) is 14.4 Å². The molecule has 1 saturated heterocycles. The summed E-state index contributed by atoms with van der Waals surface area (Å²) in [7, 11) is 0. The molecule has 1 saturated carbocycles. The molecule has 3 unspecified atom stereocenters. The van der Waals surface area contributed by atoms with Crippen LogP contribution in [-0.2, 0) is 28.8 Å². The second-order valence-corrected chi connectivity index (χ2v) is 10.3. The standard InChI is InChI=1S/C23H39N3O8S/c1-16(15-35-23(30)17(2)24-20(27)18-9-4-3-5-10-18)21(28)25-12-8-11-19(25)22(29)33-13-6-7-14-34-26(31)32/h16-19,26,31-32H,3-15H2,1-2H3/p+1. The number of carbonyl (C=O) groups excluding carboxylic acids is 4. The molecule has 0 bridgehead atoms. The lowest BCUT2D eigenvalue weighted by molar-refractivity contribution is -1.37. The van der Waals surface area contributed by atoms with E-state index >= 15 is 0 Å². The molecule has 0 aromatic carbocycles. The van der Waals surface area contributed by atoms with Crippen molar-refractivity contribution in [1.29, 1.82) is 0 Å². The molecule has 0 radical (unpaired) electrons. The third-order valence-corrected chi connectivity index (χ3v) is 7.71. The first-order valence-corrected chi connectivity index (χ1v) is 13.5. The number of hydrogen-bond acceptors (Lipinski definition) is 9. The fourth-order valence-electron chi connectivity index (χ4n) is 4.35. The molecule has 0 spiro atoms. The molecular formula is C23H40N3O8S+. The maximum atomic E-state index is 13.0. The van der Waals surface area contributed by atoms with Gasteiger partial charge in [-0.05, 0) is 45.4 Å². The highest BCUT2D eigenvalue weighted by molar-refractivity contribution is 8.13. The first-order chi connectivity index (χ1) is 16.7. The van der Waals surface area contributed by atoms with E-state index in [1.165, 1.54) is 4.90 Å². The van der Waals surface area contributed by atoms with Gasteiger partial charge in [0.25, 0.3) is 0 Å². The van der Waals surface area contributed by atoms with Crippen LogP contribution in [0, 0.1) is 11.8 Å². The summed E-state index contributed by atoms with van der Waals surface area (Å²) >= 11 is 1.03. The molecule has 1 aliphatic heterocycles. The van der Waals surface area contributed by atoms with E-state index in [1.807, 2.05) is 0 Å². The number of ether oxygens (including phenoxy) is 1. The van der Waals surface area contributed by atoms with Gasteiger partial charge < -0.3 is 15.0 Å². The van der Waals surface area contributed by atoms with Crippen molar-refractivity contribution in [3.05, 3.63) is 0 Å². The normalized spacial score (nSPS) is 20.5. The average molecular weight is 519 g/mol. The average Bonchev–Trinajstić information content (AvgIpc) is 3.34. The third kappa shape index (κ3) is 10.0. The van der Waals surface area contributed by atoms with Crippen LogP contribution in [0.25, 0.3) is 0 Å². The van der Waals surface area contributed by atoms with Gasteiger partial charge in [-0.1, -0.05) is 37.9 Å². The Morgan fingerprint density at radius 2 is 1.71 bits per heavy atom. The second-order valence-electron chi connectivity index (χ2n) is 9.29. The van der Waals surface area contributed by atoms with Crippen molar-refractivity contribution < 1.29 is 44.6 Å². The Hall–Kier alpha value is -1.73. The van der Waals surface area contributed by atoms with Crippen molar-refractivity contribution >= 4 is 34.7 Å². The monoisotopic (exact) mass is 518 g/mol. The third-order valence-electron chi connectivity index (χ3n) is 6.41. The Morgan fingerprint density at radius 3 is 2.40 bits per heavy atom. The van der Waals surface area contributed by atoms with Crippen LogP contribution >= 0.6 is 11.8 Å². The number of rotatable bonds is 13. The minimum Gasteiger partial charge on any atom is -0.464 e. The number of nitrogens with one attached hydrogen (secondary N) is 2. The van der Waals surface area contributed by atoms with Gasteiger partial charge in [-0.25, -0.2) is 4.79 Å². The Labute approximate surface area is 210 Å². The molecular weight excluding hydrogens is 478 g/mol. The molecule has 0 aromatic heterocycles. The first kappa shape index (κ1) is 29.5. The van der Waals surface area contributed by atoms with Crippen LogP contribution in [-0.4, -0.2) is 75.8 Å². The lowest BCUT2D eigenvalue weighted by Crippen LogP contribution is -3.06. The van der Waals surface area contributed by atoms with Crippen LogP contribution < -0.4 is 10.7 Å². The van der Waals surface area contributed by atoms with Gasteiger partial charge in [0.1, 0.15) is 12.6 Å². The van der Waals surface area contributed by atoms with Gasteiger partial charge in [-0.15, -0.1) is 15.3 Å². The first-order valence-electron chi connectivity index (χ1n) is 12.5. The second kappa shape index (κ2) is 15.4. The number of hydrogen-bond donors (Lipinski definition) is 4. The van der Waals surface area contributed by atoms with Crippen LogP contribution in [0.15, 0.2) is 0 Å². The van der Waals surface area contributed by atoms with Crippen molar-refractivity contribution in [2.75, 3.05) is 25.5 Å². The van der Waals surface area contributed by atoms with E-state index in [2.05, 4.69) is 10.2 Å². The molecule has 3 atom stereocenters. The SMILES string of the molecule is CC(CSC(=O)C(C)NC(=O)C1CCCCC1)C(=O)N1CCCC1C(=O)OCCCCO[NH+](O)O. The van der Waals surface area contributed by atoms with E-state index in [9.17, 15) is 19.2 Å². The molecule has 2 rings (SSSR count). The summed E-state index contributed by atoms with van der Waals surface area (Å²) in [5, 5.41) is 18.6. The Bertz CT molecular complexity index is 717. The van der Waals surface area contributed by atoms with Crippen molar-refractivity contribution in [2.24, 2.45) is 11.8 Å². The number of likely N-dealkylation sites (tertiary alicyclic amines) is 1. The maximum Gasteiger partial charge on any atom is 0.328 e. The summed E-state index contributed by atoms with van der Waals surface area (Å²) in [4.78, 5) is 56.4. The van der Waals surface area contributed by atoms with Crippen molar-refractivity contribution in [3.63, 3.8) is 0 Å². The summed E-state index contributed by atoms with van der Waals surface area (Å²) in [6.45, 7) is 4.13. The molecule has 11 nitrogen and oxygen atoms in total. The molecule has 12 heteroatoms. The number of unbranched alkanes of at least 4 members (excludes halogenated alkanes) is 1. The van der Waals surface area contributed by atoms with Gasteiger partial charge in [0.15, 0.2) is 0 Å². The van der Waals surface area contributed by atoms with Gasteiger partial charge in [-0.2, -0.15) is 0 Å². The number of esters is 1. The smallest absolute Gasteiger partial charge is 0.328 e. The topological polar surface area (TPSA) is 147 Å². The number of nitrogens with zero attached hydrogens (tertiary/aromatic N) is 1. The highest BCUT2D eigenvalue weighted by atomic mass is 32.2. The fraction of sp³-hybridized carbons (Fsp3) is 0.826. The molecule has 200 valence electrons. The zero-order valence-corrected chi connectivity index (χ0v) is 21.5. The minimum atomic E-state index is -1.09. The van der Waals surface area contributed by atoms with E-state index in [0.717, 1.165) is 43.9 Å². The van der Waals surface area contributed by atoms with E-state index in [0.29, 0.717) is 32.2 Å². The Balaban J connectivity index is 1.71. The highest BCUT2D eigenvalue weighted by Gasteiger charge is 2.37. The number of quaternary nitrogens is 1. The van der Waals surface area contributed by atoms with Crippen LogP contribution in [0.4, 0.5) is 0 Å². The number of amides is 2. The lowest BCUT2D eigenvalue weighted by atomic mass is 9.88. The molecule has 2 amide bonds. The van der Waals surface area contributed by atoms with E-state index < -0.39 is 29.4 Å². The molecule has 2 aliphatic rings. The molecule has 0 aromatic rings. The molecule has 35 heavy (non-hydrogen) atoms. The molecule has 4 N–H and O–H groups in total.